The zero-order valence-corrected chi connectivity index (χ0v) is 13.4. The van der Waals surface area contributed by atoms with Crippen molar-refractivity contribution in [1.82, 2.24) is 0 Å². The van der Waals surface area contributed by atoms with Crippen LogP contribution in [0.3, 0.4) is 0 Å². The van der Waals surface area contributed by atoms with E-state index in [1.54, 1.807) is 0 Å². The normalized spacial score (nSPS) is 8.38. The molecule has 0 nitrogen and oxygen atoms in total. The van der Waals surface area contributed by atoms with Crippen LogP contribution in [0, 0.1) is 6.07 Å². The third-order valence-electron chi connectivity index (χ3n) is 2.70. The molecule has 0 aromatic heterocycles. The second-order valence-electron chi connectivity index (χ2n) is 4.23. The van der Waals surface area contributed by atoms with Crippen LogP contribution in [0.1, 0.15) is 11.1 Å². The van der Waals surface area contributed by atoms with Crippen molar-refractivity contribution < 1.29 is 18.9 Å². The second-order valence-corrected chi connectivity index (χ2v) is 4.23. The van der Waals surface area contributed by atoms with Gasteiger partial charge in [0.1, 0.15) is 0 Å². The average molecular weight is 286 g/mol. The molecular weight excluding hydrogens is 267 g/mol. The molecule has 0 radical (unpaired) electrons. The van der Waals surface area contributed by atoms with E-state index in [1.165, 1.54) is 11.1 Å². The molecule has 0 amide bonds. The molecular formula is C19H19LiS. The molecule has 0 bridgehead atoms. The van der Waals surface area contributed by atoms with Crippen molar-refractivity contribution >= 4 is 13.5 Å². The summed E-state index contributed by atoms with van der Waals surface area (Å²) in [4.78, 5) is 0. The first kappa shape index (κ1) is 19.6. The summed E-state index contributed by atoms with van der Waals surface area (Å²) < 4.78 is 0. The molecule has 2 heteroatoms. The zero-order valence-electron chi connectivity index (χ0n) is 12.4. The first-order valence-electron chi connectivity index (χ1n) is 6.44. The van der Waals surface area contributed by atoms with Crippen molar-refractivity contribution in [2.45, 2.75) is 6.42 Å². The van der Waals surface area contributed by atoms with Crippen LogP contribution in [0.4, 0.5) is 0 Å². The molecule has 0 N–H and O–H groups in total. The van der Waals surface area contributed by atoms with Crippen LogP contribution in [0.5, 0.6) is 0 Å². The predicted octanol–water partition coefficient (Wildman–Crippen LogP) is 1.88. The van der Waals surface area contributed by atoms with Gasteiger partial charge in [-0.1, -0.05) is 60.7 Å². The van der Waals surface area contributed by atoms with Crippen LogP contribution in [-0.2, 0) is 6.42 Å². The minimum absolute atomic E-state index is 0. The minimum Gasteiger partial charge on any atom is -0.197 e. The van der Waals surface area contributed by atoms with Crippen LogP contribution in [0.15, 0.2) is 91.0 Å². The van der Waals surface area contributed by atoms with Gasteiger partial charge in [-0.05, 0) is 17.5 Å². The van der Waals surface area contributed by atoms with E-state index in [2.05, 4.69) is 66.7 Å². The van der Waals surface area contributed by atoms with Gasteiger partial charge >= 0.3 is 18.9 Å². The van der Waals surface area contributed by atoms with Crippen LogP contribution < -0.4 is 18.9 Å². The van der Waals surface area contributed by atoms with E-state index in [0.717, 1.165) is 6.42 Å². The van der Waals surface area contributed by atoms with Crippen LogP contribution in [0.25, 0.3) is 0 Å². The fourth-order valence-electron chi connectivity index (χ4n) is 1.77. The first-order valence-corrected chi connectivity index (χ1v) is 6.44. The predicted molar refractivity (Wildman–Crippen MR) is 91.3 cm³/mol. The molecule has 0 aliphatic rings. The topological polar surface area (TPSA) is 0 Å². The molecule has 0 fully saturated rings. The van der Waals surface area contributed by atoms with Crippen molar-refractivity contribution in [2.24, 2.45) is 0 Å². The molecule has 0 atom stereocenters. The van der Waals surface area contributed by atoms with Gasteiger partial charge in [0, 0.05) is 0 Å². The SMILES string of the molecule is S.[Li+].[c-]1ccccc1.c1ccc(Cc2ccccc2)cc1. The molecule has 3 rings (SSSR count). The van der Waals surface area contributed by atoms with Gasteiger partial charge in [-0.15, -0.1) is 0 Å². The monoisotopic (exact) mass is 286 g/mol. The van der Waals surface area contributed by atoms with Crippen molar-refractivity contribution in [1.29, 1.82) is 0 Å². The minimum atomic E-state index is 0. The Labute approximate surface area is 146 Å². The fourth-order valence-corrected chi connectivity index (χ4v) is 1.77. The largest absolute Gasteiger partial charge is 1.00 e. The summed E-state index contributed by atoms with van der Waals surface area (Å²) in [6, 6.07) is 33.6. The van der Waals surface area contributed by atoms with Gasteiger partial charge in [0.15, 0.2) is 0 Å². The summed E-state index contributed by atoms with van der Waals surface area (Å²) in [5.41, 5.74) is 2.74. The quantitative estimate of drug-likeness (QED) is 0.498. The van der Waals surface area contributed by atoms with Crippen molar-refractivity contribution in [3.8, 4) is 0 Å². The Morgan fingerprint density at radius 3 is 1.24 bits per heavy atom. The zero-order chi connectivity index (χ0) is 13.2. The van der Waals surface area contributed by atoms with Gasteiger partial charge in [0.25, 0.3) is 0 Å². The van der Waals surface area contributed by atoms with E-state index in [1.807, 2.05) is 30.3 Å². The number of hydrogen-bond acceptors (Lipinski definition) is 0. The van der Waals surface area contributed by atoms with Crippen LogP contribution in [-0.4, -0.2) is 0 Å². The van der Waals surface area contributed by atoms with Crippen molar-refractivity contribution in [3.05, 3.63) is 108 Å². The van der Waals surface area contributed by atoms with E-state index in [-0.39, 0.29) is 32.4 Å². The summed E-state index contributed by atoms with van der Waals surface area (Å²) in [7, 11) is 0. The number of benzene rings is 3. The van der Waals surface area contributed by atoms with Gasteiger partial charge in [0.2, 0.25) is 0 Å². The van der Waals surface area contributed by atoms with Crippen LogP contribution in [0.2, 0.25) is 0 Å². The molecule has 21 heavy (non-hydrogen) atoms. The van der Waals surface area contributed by atoms with Gasteiger partial charge in [-0.2, -0.15) is 49.9 Å². The third kappa shape index (κ3) is 8.48. The maximum absolute atomic E-state index is 2.89. The molecule has 0 heterocycles. The summed E-state index contributed by atoms with van der Waals surface area (Å²) >= 11 is 0. The Hall–Kier alpha value is -1.39. The summed E-state index contributed by atoms with van der Waals surface area (Å²) in [5.74, 6) is 0. The standard InChI is InChI=1S/C13H12.C6H5.Li.H2S/c1-3-7-12(8-4-1)11-13-9-5-2-6-10-13;1-2-4-6-5-3-1;;/h1-10H,11H2;1-5H;;1H2/q;-1;+1;. The van der Waals surface area contributed by atoms with E-state index >= 15 is 0 Å². The molecule has 0 aliphatic heterocycles. The second kappa shape index (κ2) is 12.4. The Morgan fingerprint density at radius 1 is 0.571 bits per heavy atom. The maximum atomic E-state index is 2.89. The van der Waals surface area contributed by atoms with Crippen LogP contribution >= 0.6 is 13.5 Å². The summed E-state index contributed by atoms with van der Waals surface area (Å²) in [5, 5.41) is 0. The summed E-state index contributed by atoms with van der Waals surface area (Å²) in [6.45, 7) is 0. The van der Waals surface area contributed by atoms with Crippen molar-refractivity contribution in [3.63, 3.8) is 0 Å². The molecule has 0 saturated carbocycles. The molecule has 0 spiro atoms. The fraction of sp³-hybridized carbons (Fsp3) is 0.0526. The Morgan fingerprint density at radius 2 is 0.952 bits per heavy atom. The third-order valence-corrected chi connectivity index (χ3v) is 2.70. The van der Waals surface area contributed by atoms with Gasteiger partial charge in [-0.25, -0.2) is 0 Å². The number of hydrogen-bond donors (Lipinski definition) is 0. The van der Waals surface area contributed by atoms with Gasteiger partial charge in [-0.3, -0.25) is 0 Å². The van der Waals surface area contributed by atoms with E-state index in [4.69, 9.17) is 0 Å². The number of rotatable bonds is 2. The molecule has 3 aromatic carbocycles. The average Bonchev–Trinajstić information content (AvgIpc) is 2.52. The van der Waals surface area contributed by atoms with E-state index in [0.29, 0.717) is 0 Å². The first-order chi connectivity index (χ1) is 9.45. The summed E-state index contributed by atoms with van der Waals surface area (Å²) in [6.07, 6.45) is 1.03. The van der Waals surface area contributed by atoms with E-state index in [9.17, 15) is 0 Å². The molecule has 0 aliphatic carbocycles. The Kier molecular flexibility index (Phi) is 11.5. The molecule has 0 unspecified atom stereocenters. The molecule has 102 valence electrons. The Bertz CT molecular complexity index is 489. The smallest absolute Gasteiger partial charge is 0.197 e. The van der Waals surface area contributed by atoms with Gasteiger partial charge < -0.3 is 0 Å². The molecule has 0 saturated heterocycles. The molecule has 3 aromatic rings. The Balaban J connectivity index is 0.000000430. The van der Waals surface area contributed by atoms with Crippen molar-refractivity contribution in [2.75, 3.05) is 0 Å². The van der Waals surface area contributed by atoms with Gasteiger partial charge in [0.05, 0.1) is 0 Å². The van der Waals surface area contributed by atoms with E-state index < -0.39 is 0 Å². The maximum Gasteiger partial charge on any atom is 1.00 e.